The molecular formula is C15H26N2. The first kappa shape index (κ1) is 11.7. The maximum absolute atomic E-state index is 2.73. The standard InChI is InChI=1S/C15H26N2/c1-2-6-14(5-1)8-10-16-11-12-17-9-4-3-7-15(17)13-16/h5,15H,1-4,6-13H2. The molecule has 0 radical (unpaired) electrons. The molecule has 0 amide bonds. The van der Waals surface area contributed by atoms with Crippen molar-refractivity contribution in [3.05, 3.63) is 11.6 Å². The van der Waals surface area contributed by atoms with E-state index < -0.39 is 0 Å². The molecule has 2 fully saturated rings. The van der Waals surface area contributed by atoms with E-state index in [9.17, 15) is 0 Å². The first-order chi connectivity index (χ1) is 8.42. The van der Waals surface area contributed by atoms with Gasteiger partial charge in [-0.25, -0.2) is 0 Å². The quantitative estimate of drug-likeness (QED) is 0.693. The van der Waals surface area contributed by atoms with Crippen LogP contribution in [0.25, 0.3) is 0 Å². The van der Waals surface area contributed by atoms with Crippen LogP contribution in [0, 0.1) is 0 Å². The summed E-state index contributed by atoms with van der Waals surface area (Å²) < 4.78 is 0. The summed E-state index contributed by atoms with van der Waals surface area (Å²) in [4.78, 5) is 5.44. The van der Waals surface area contributed by atoms with Gasteiger partial charge in [0.1, 0.15) is 0 Å². The molecule has 1 aliphatic carbocycles. The number of fused-ring (bicyclic) bond motifs is 1. The van der Waals surface area contributed by atoms with Gasteiger partial charge in [-0.1, -0.05) is 18.1 Å². The first-order valence-electron chi connectivity index (χ1n) is 7.56. The van der Waals surface area contributed by atoms with E-state index in [2.05, 4.69) is 15.9 Å². The molecule has 0 N–H and O–H groups in total. The SMILES string of the molecule is C1=C(CCN2CCN3CCCCC3C2)CCC1. The van der Waals surface area contributed by atoms with E-state index >= 15 is 0 Å². The Morgan fingerprint density at radius 1 is 1.12 bits per heavy atom. The van der Waals surface area contributed by atoms with Gasteiger partial charge in [-0.3, -0.25) is 4.90 Å². The van der Waals surface area contributed by atoms with Gasteiger partial charge >= 0.3 is 0 Å². The molecule has 0 aromatic heterocycles. The largest absolute Gasteiger partial charge is 0.300 e. The highest BCUT2D eigenvalue weighted by molar-refractivity contribution is 5.07. The van der Waals surface area contributed by atoms with E-state index in [0.29, 0.717) is 0 Å². The molecule has 0 aromatic carbocycles. The van der Waals surface area contributed by atoms with Gasteiger partial charge < -0.3 is 4.90 Å². The number of nitrogens with zero attached hydrogens (tertiary/aromatic N) is 2. The van der Waals surface area contributed by atoms with Gasteiger partial charge in [0, 0.05) is 32.2 Å². The maximum Gasteiger partial charge on any atom is 0.0223 e. The fourth-order valence-corrected chi connectivity index (χ4v) is 3.69. The van der Waals surface area contributed by atoms with E-state index in [4.69, 9.17) is 0 Å². The van der Waals surface area contributed by atoms with E-state index in [1.54, 1.807) is 5.57 Å². The Morgan fingerprint density at radius 2 is 2.12 bits per heavy atom. The summed E-state index contributed by atoms with van der Waals surface area (Å²) in [7, 11) is 0. The highest BCUT2D eigenvalue weighted by Gasteiger charge is 2.28. The molecular weight excluding hydrogens is 208 g/mol. The number of piperazine rings is 1. The molecule has 0 bridgehead atoms. The molecule has 1 atom stereocenters. The molecule has 0 saturated carbocycles. The molecule has 2 aliphatic heterocycles. The smallest absolute Gasteiger partial charge is 0.0223 e. The van der Waals surface area contributed by atoms with Crippen LogP contribution in [0.5, 0.6) is 0 Å². The van der Waals surface area contributed by atoms with Crippen molar-refractivity contribution in [1.82, 2.24) is 9.80 Å². The van der Waals surface area contributed by atoms with Crippen LogP contribution in [0.2, 0.25) is 0 Å². The van der Waals surface area contributed by atoms with E-state index in [1.165, 1.54) is 77.7 Å². The number of allylic oxidation sites excluding steroid dienone is 1. The lowest BCUT2D eigenvalue weighted by molar-refractivity contribution is 0.0500. The van der Waals surface area contributed by atoms with E-state index in [0.717, 1.165) is 6.04 Å². The molecule has 2 heteroatoms. The molecule has 3 rings (SSSR count). The van der Waals surface area contributed by atoms with Gasteiger partial charge in [0.05, 0.1) is 0 Å². The highest BCUT2D eigenvalue weighted by atomic mass is 15.3. The zero-order valence-electron chi connectivity index (χ0n) is 11.0. The normalized spacial score (nSPS) is 31.3. The van der Waals surface area contributed by atoms with E-state index in [-0.39, 0.29) is 0 Å². The number of rotatable bonds is 3. The van der Waals surface area contributed by atoms with Crippen molar-refractivity contribution in [3.63, 3.8) is 0 Å². The van der Waals surface area contributed by atoms with Crippen LogP contribution in [-0.2, 0) is 0 Å². The van der Waals surface area contributed by atoms with Crippen molar-refractivity contribution < 1.29 is 0 Å². The lowest BCUT2D eigenvalue weighted by Gasteiger charge is -2.44. The summed E-state index contributed by atoms with van der Waals surface area (Å²) in [6.45, 7) is 6.65. The molecule has 0 aromatic rings. The molecule has 2 nitrogen and oxygen atoms in total. The highest BCUT2D eigenvalue weighted by Crippen LogP contribution is 2.23. The summed E-state index contributed by atoms with van der Waals surface area (Å²) in [6.07, 6.45) is 12.3. The zero-order valence-corrected chi connectivity index (χ0v) is 11.0. The molecule has 0 spiro atoms. The molecule has 1 unspecified atom stereocenters. The first-order valence-corrected chi connectivity index (χ1v) is 7.56. The number of piperidine rings is 1. The third kappa shape index (κ3) is 2.92. The Bertz CT molecular complexity index is 285. The minimum Gasteiger partial charge on any atom is -0.300 e. The van der Waals surface area contributed by atoms with Crippen LogP contribution in [0.15, 0.2) is 11.6 Å². The average Bonchev–Trinajstić information content (AvgIpc) is 2.89. The van der Waals surface area contributed by atoms with Gasteiger partial charge in [0.15, 0.2) is 0 Å². The number of hydrogen-bond donors (Lipinski definition) is 0. The molecule has 96 valence electrons. The average molecular weight is 234 g/mol. The second kappa shape index (κ2) is 5.53. The summed E-state index contributed by atoms with van der Waals surface area (Å²) in [6, 6.07) is 0.884. The minimum atomic E-state index is 0.884. The van der Waals surface area contributed by atoms with Crippen molar-refractivity contribution in [2.45, 2.75) is 51.0 Å². The Kier molecular flexibility index (Phi) is 3.82. The predicted octanol–water partition coefficient (Wildman–Crippen LogP) is 2.66. The van der Waals surface area contributed by atoms with Gasteiger partial charge in [-0.15, -0.1) is 0 Å². The van der Waals surface area contributed by atoms with Crippen molar-refractivity contribution >= 4 is 0 Å². The summed E-state index contributed by atoms with van der Waals surface area (Å²) in [5.74, 6) is 0. The van der Waals surface area contributed by atoms with Crippen LogP contribution in [0.4, 0.5) is 0 Å². The lowest BCUT2D eigenvalue weighted by atomic mass is 9.99. The Morgan fingerprint density at radius 3 is 3.00 bits per heavy atom. The monoisotopic (exact) mass is 234 g/mol. The van der Waals surface area contributed by atoms with Gasteiger partial charge in [0.25, 0.3) is 0 Å². The topological polar surface area (TPSA) is 6.48 Å². The van der Waals surface area contributed by atoms with Gasteiger partial charge in [-0.2, -0.15) is 0 Å². The third-order valence-electron chi connectivity index (χ3n) is 4.81. The zero-order chi connectivity index (χ0) is 11.5. The summed E-state index contributed by atoms with van der Waals surface area (Å²) in [5, 5.41) is 0. The second-order valence-corrected chi connectivity index (χ2v) is 5.99. The molecule has 2 saturated heterocycles. The predicted molar refractivity (Wildman–Crippen MR) is 72.2 cm³/mol. The van der Waals surface area contributed by atoms with Gasteiger partial charge in [0.2, 0.25) is 0 Å². The van der Waals surface area contributed by atoms with Crippen LogP contribution >= 0.6 is 0 Å². The Hall–Kier alpha value is -0.340. The van der Waals surface area contributed by atoms with Crippen LogP contribution in [0.3, 0.4) is 0 Å². The van der Waals surface area contributed by atoms with Gasteiger partial charge in [-0.05, 0) is 45.1 Å². The molecule has 2 heterocycles. The van der Waals surface area contributed by atoms with Crippen LogP contribution in [-0.4, -0.2) is 48.6 Å². The summed E-state index contributed by atoms with van der Waals surface area (Å²) in [5.41, 5.74) is 1.73. The summed E-state index contributed by atoms with van der Waals surface area (Å²) >= 11 is 0. The Labute approximate surface area is 106 Å². The Balaban J connectivity index is 1.45. The fourth-order valence-electron chi connectivity index (χ4n) is 3.69. The van der Waals surface area contributed by atoms with Crippen molar-refractivity contribution in [3.8, 4) is 0 Å². The molecule has 17 heavy (non-hydrogen) atoms. The molecule has 3 aliphatic rings. The van der Waals surface area contributed by atoms with Crippen LogP contribution in [0.1, 0.15) is 44.9 Å². The minimum absolute atomic E-state index is 0.884. The van der Waals surface area contributed by atoms with Crippen molar-refractivity contribution in [2.75, 3.05) is 32.7 Å². The third-order valence-corrected chi connectivity index (χ3v) is 4.81. The fraction of sp³-hybridized carbons (Fsp3) is 0.867. The lowest BCUT2D eigenvalue weighted by Crippen LogP contribution is -2.54. The van der Waals surface area contributed by atoms with Crippen LogP contribution < -0.4 is 0 Å². The van der Waals surface area contributed by atoms with E-state index in [1.807, 2.05) is 0 Å². The number of hydrogen-bond acceptors (Lipinski definition) is 2. The maximum atomic E-state index is 2.73. The van der Waals surface area contributed by atoms with Crippen molar-refractivity contribution in [2.24, 2.45) is 0 Å². The van der Waals surface area contributed by atoms with Crippen molar-refractivity contribution in [1.29, 1.82) is 0 Å². The second-order valence-electron chi connectivity index (χ2n) is 5.99.